The summed E-state index contributed by atoms with van der Waals surface area (Å²) in [5.74, 6) is -0.280. The van der Waals surface area contributed by atoms with Gasteiger partial charge in [0.1, 0.15) is 5.52 Å². The van der Waals surface area contributed by atoms with Crippen LogP contribution in [0, 0.1) is 0 Å². The van der Waals surface area contributed by atoms with Gasteiger partial charge in [0.05, 0.1) is 23.5 Å². The highest BCUT2D eigenvalue weighted by Crippen LogP contribution is 2.34. The van der Waals surface area contributed by atoms with Crippen LogP contribution in [0.1, 0.15) is 88.8 Å². The molecule has 0 spiro atoms. The van der Waals surface area contributed by atoms with E-state index in [9.17, 15) is 8.68 Å². The molecule has 0 bridgehead atoms. The van der Waals surface area contributed by atoms with Crippen molar-refractivity contribution in [1.29, 1.82) is 0 Å². The molecule has 0 fully saturated rings. The second-order valence-electron chi connectivity index (χ2n) is 9.01. The summed E-state index contributed by atoms with van der Waals surface area (Å²) in [6.45, 7) is 10.9. The van der Waals surface area contributed by atoms with E-state index < -0.39 is 5.54 Å². The van der Waals surface area contributed by atoms with Crippen molar-refractivity contribution < 1.29 is 8.68 Å². The number of rotatable bonds is 7. The zero-order chi connectivity index (χ0) is 21.9. The van der Waals surface area contributed by atoms with Crippen LogP contribution in [0.25, 0.3) is 11.2 Å². The van der Waals surface area contributed by atoms with Gasteiger partial charge in [0.2, 0.25) is 0 Å². The van der Waals surface area contributed by atoms with Crippen molar-refractivity contribution in [3.63, 3.8) is 0 Å². The minimum Gasteiger partial charge on any atom is -0.347 e. The van der Waals surface area contributed by atoms with Crippen LogP contribution in [-0.4, -0.2) is 31.9 Å². The molecule has 1 atom stereocenters. The number of hydrogen-bond donors (Lipinski definition) is 2. The van der Waals surface area contributed by atoms with E-state index in [-0.39, 0.29) is 24.3 Å². The van der Waals surface area contributed by atoms with Crippen molar-refractivity contribution in [2.45, 2.75) is 78.3 Å². The minimum atomic E-state index is -0.408. The van der Waals surface area contributed by atoms with Crippen LogP contribution in [0.2, 0.25) is 0 Å². The van der Waals surface area contributed by atoms with Gasteiger partial charge in [-0.1, -0.05) is 12.5 Å². The molecule has 1 amide bonds. The van der Waals surface area contributed by atoms with Gasteiger partial charge in [0, 0.05) is 11.7 Å². The van der Waals surface area contributed by atoms with Crippen molar-refractivity contribution in [1.82, 2.24) is 24.6 Å². The number of amides is 1. The molecule has 2 aromatic rings. The highest BCUT2D eigenvalue weighted by Gasteiger charge is 2.26. The van der Waals surface area contributed by atoms with Gasteiger partial charge >= 0.3 is 0 Å². The van der Waals surface area contributed by atoms with Crippen molar-refractivity contribution in [2.24, 2.45) is 0 Å². The first-order chi connectivity index (χ1) is 14.2. The lowest BCUT2D eigenvalue weighted by molar-refractivity contribution is 0.0921. The Morgan fingerprint density at radius 2 is 2.07 bits per heavy atom. The van der Waals surface area contributed by atoms with E-state index in [0.29, 0.717) is 16.7 Å². The average Bonchev–Trinajstić information content (AvgIpc) is 3.06. The summed E-state index contributed by atoms with van der Waals surface area (Å²) >= 11 is 0.0203. The summed E-state index contributed by atoms with van der Waals surface area (Å²) in [5, 5.41) is 6.55. The quantitative estimate of drug-likeness (QED) is 0.582. The Morgan fingerprint density at radius 1 is 1.33 bits per heavy atom. The first kappa shape index (κ1) is 22.7. The maximum absolute atomic E-state index is 13.5. The third-order valence-corrected chi connectivity index (χ3v) is 5.76. The third-order valence-electron chi connectivity index (χ3n) is 5.33. The second-order valence-corrected chi connectivity index (χ2v) is 9.54. The molecule has 0 aliphatic heterocycles. The predicted octanol–water partition coefficient (Wildman–Crippen LogP) is 5.27. The van der Waals surface area contributed by atoms with Crippen LogP contribution in [0.4, 0.5) is 3.89 Å². The highest BCUT2D eigenvalue weighted by atomic mass is 32.2. The molecule has 0 saturated heterocycles. The number of carbonyl (C=O) groups excluding carboxylic acids is 1. The lowest BCUT2D eigenvalue weighted by Gasteiger charge is -2.27. The molecule has 2 N–H and O–H groups in total. The molecule has 1 unspecified atom stereocenters. The molecular weight excluding hydrogens is 401 g/mol. The average molecular weight is 434 g/mol. The van der Waals surface area contributed by atoms with Crippen LogP contribution in [0.5, 0.6) is 0 Å². The second kappa shape index (κ2) is 9.47. The number of hydrogen-bond acceptors (Lipinski definition) is 5. The molecule has 0 aromatic carbocycles. The Labute approximate surface area is 182 Å². The van der Waals surface area contributed by atoms with Crippen LogP contribution in [0.3, 0.4) is 0 Å². The molecule has 0 saturated carbocycles. The van der Waals surface area contributed by atoms with E-state index in [1.165, 1.54) is 34.2 Å². The molecule has 2 heterocycles. The van der Waals surface area contributed by atoms with Crippen molar-refractivity contribution in [3.8, 4) is 0 Å². The standard InChI is InChI=1S/C22H32FN5OS/c1-6-11-24-18(15-10-8-7-9-14(15)2)17-12-25-20-19(26-17)16(13-28(20)30-23)21(29)27-22(3,4)5/h12-13,18,24H,6-11H2,1-5H3,(H,27,29). The Hall–Kier alpha value is -1.93. The molecule has 3 rings (SSSR count). The fourth-order valence-electron chi connectivity index (χ4n) is 3.91. The molecule has 1 aliphatic rings. The van der Waals surface area contributed by atoms with Gasteiger partial charge in [-0.25, -0.2) is 13.9 Å². The van der Waals surface area contributed by atoms with Crippen LogP contribution in [0.15, 0.2) is 23.5 Å². The van der Waals surface area contributed by atoms with Gasteiger partial charge in [-0.2, -0.15) is 0 Å². The minimum absolute atomic E-state index is 0.0203. The fraction of sp³-hybridized carbons (Fsp3) is 0.591. The smallest absolute Gasteiger partial charge is 0.255 e. The molecule has 6 nitrogen and oxygen atoms in total. The SMILES string of the molecule is CCCNC(C1=C(C)CCCC1)c1cnc2c(n1)c(C(=O)NC(C)(C)C)cn2SF. The van der Waals surface area contributed by atoms with Crippen molar-refractivity contribution in [3.05, 3.63) is 34.8 Å². The van der Waals surface area contributed by atoms with Crippen molar-refractivity contribution >= 4 is 29.4 Å². The Bertz CT molecular complexity index is 947. The monoisotopic (exact) mass is 433 g/mol. The zero-order valence-electron chi connectivity index (χ0n) is 18.5. The molecule has 30 heavy (non-hydrogen) atoms. The number of nitrogens with one attached hydrogen (secondary N) is 2. The summed E-state index contributed by atoms with van der Waals surface area (Å²) in [6, 6.07) is -0.0398. The maximum Gasteiger partial charge on any atom is 0.255 e. The van der Waals surface area contributed by atoms with Crippen LogP contribution < -0.4 is 10.6 Å². The summed E-state index contributed by atoms with van der Waals surface area (Å²) in [6.07, 6.45) is 8.71. The number of carbonyl (C=O) groups is 1. The topological polar surface area (TPSA) is 71.8 Å². The number of nitrogens with zero attached hydrogens (tertiary/aromatic N) is 3. The summed E-state index contributed by atoms with van der Waals surface area (Å²) in [7, 11) is 0. The van der Waals surface area contributed by atoms with Gasteiger partial charge in [0.15, 0.2) is 18.0 Å². The van der Waals surface area contributed by atoms with E-state index in [4.69, 9.17) is 4.98 Å². The number of allylic oxidation sites excluding steroid dienone is 1. The van der Waals surface area contributed by atoms with Crippen molar-refractivity contribution in [2.75, 3.05) is 6.54 Å². The first-order valence-corrected chi connectivity index (χ1v) is 11.3. The van der Waals surface area contributed by atoms with Crippen LogP contribution in [-0.2, 0) is 0 Å². The molecule has 0 radical (unpaired) electrons. The van der Waals surface area contributed by atoms with E-state index in [0.717, 1.165) is 31.5 Å². The number of fused-ring (bicyclic) bond motifs is 1. The van der Waals surface area contributed by atoms with Gasteiger partial charge in [-0.05, 0) is 71.9 Å². The van der Waals surface area contributed by atoms with Gasteiger partial charge in [-0.3, -0.25) is 4.79 Å². The Balaban J connectivity index is 2.09. The molecule has 8 heteroatoms. The van der Waals surface area contributed by atoms with Gasteiger partial charge in [0.25, 0.3) is 5.91 Å². The zero-order valence-corrected chi connectivity index (χ0v) is 19.3. The molecule has 2 aromatic heterocycles. The lowest BCUT2D eigenvalue weighted by Crippen LogP contribution is -2.40. The Kier molecular flexibility index (Phi) is 7.18. The Morgan fingerprint density at radius 3 is 2.70 bits per heavy atom. The van der Waals surface area contributed by atoms with E-state index in [1.807, 2.05) is 20.8 Å². The summed E-state index contributed by atoms with van der Waals surface area (Å²) in [4.78, 5) is 22.2. The summed E-state index contributed by atoms with van der Waals surface area (Å²) in [5.41, 5.74) is 4.25. The molecule has 1 aliphatic carbocycles. The maximum atomic E-state index is 13.5. The summed E-state index contributed by atoms with van der Waals surface area (Å²) < 4.78 is 14.8. The number of halogens is 1. The highest BCUT2D eigenvalue weighted by molar-refractivity contribution is 7.92. The lowest BCUT2D eigenvalue weighted by atomic mass is 9.87. The molecule has 164 valence electrons. The number of aromatic nitrogens is 3. The van der Waals surface area contributed by atoms with E-state index >= 15 is 0 Å². The van der Waals surface area contributed by atoms with E-state index in [2.05, 4.69) is 29.5 Å². The van der Waals surface area contributed by atoms with E-state index in [1.54, 1.807) is 6.20 Å². The van der Waals surface area contributed by atoms with Crippen LogP contribution >= 0.6 is 12.3 Å². The third kappa shape index (κ3) is 5.03. The predicted molar refractivity (Wildman–Crippen MR) is 121 cm³/mol. The first-order valence-electron chi connectivity index (χ1n) is 10.7. The van der Waals surface area contributed by atoms with Gasteiger partial charge < -0.3 is 10.6 Å². The molecular formula is C22H32FN5OS. The fourth-order valence-corrected chi connectivity index (χ4v) is 4.25. The van der Waals surface area contributed by atoms with Gasteiger partial charge in [-0.15, -0.1) is 3.89 Å². The largest absolute Gasteiger partial charge is 0.347 e. The normalized spacial score (nSPS) is 16.2.